The number of thioether (sulfide) groups is 1. The van der Waals surface area contributed by atoms with Crippen molar-refractivity contribution in [2.75, 3.05) is 12.8 Å². The minimum atomic E-state index is -0.169. The molecule has 0 fully saturated rings. The van der Waals surface area contributed by atoms with Gasteiger partial charge < -0.3 is 16.4 Å². The number of amidine groups is 1. The third-order valence-electron chi connectivity index (χ3n) is 1.73. The Hall–Kier alpha value is -1.24. The number of carbonyl (C=O) groups excluding carboxylic acids is 1. The van der Waals surface area contributed by atoms with Crippen LogP contribution in [0.15, 0.2) is 4.99 Å². The number of hydrogen-bond donors (Lipinski definition) is 3. The molecular weight excluding hydrogens is 214 g/mol. The molecule has 0 atom stereocenters. The number of rotatable bonds is 3. The van der Waals surface area contributed by atoms with Crippen LogP contribution in [0.1, 0.15) is 13.8 Å². The van der Waals surface area contributed by atoms with Gasteiger partial charge in [0.1, 0.15) is 0 Å². The molecule has 0 aliphatic heterocycles. The Kier molecular flexibility index (Phi) is 5.76. The van der Waals surface area contributed by atoms with E-state index in [1.807, 2.05) is 13.8 Å². The molecule has 0 radical (unpaired) electrons. The first-order valence-electron chi connectivity index (χ1n) is 4.41. The highest BCUT2D eigenvalue weighted by Gasteiger charge is 2.12. The number of nitrogens with one attached hydrogen (secondary N) is 1. The van der Waals surface area contributed by atoms with Crippen LogP contribution in [0.2, 0.25) is 0 Å². The summed E-state index contributed by atoms with van der Waals surface area (Å²) in [7, 11) is 1.72. The van der Waals surface area contributed by atoms with Gasteiger partial charge in [0.05, 0.1) is 5.75 Å². The molecule has 86 valence electrons. The molecule has 0 bridgehead atoms. The summed E-state index contributed by atoms with van der Waals surface area (Å²) in [6.07, 6.45) is 0. The van der Waals surface area contributed by atoms with Crippen molar-refractivity contribution in [1.29, 1.82) is 5.41 Å². The molecule has 0 saturated heterocycles. The molecule has 0 rings (SSSR count). The van der Waals surface area contributed by atoms with Gasteiger partial charge in [-0.3, -0.25) is 10.2 Å². The van der Waals surface area contributed by atoms with Crippen LogP contribution in [0.25, 0.3) is 0 Å². The van der Waals surface area contributed by atoms with Gasteiger partial charge in [-0.2, -0.15) is 4.99 Å². The Morgan fingerprint density at radius 1 is 1.53 bits per heavy atom. The molecule has 0 unspecified atom stereocenters. The van der Waals surface area contributed by atoms with Gasteiger partial charge in [-0.15, -0.1) is 0 Å². The SMILES string of the molecule is CC(C)N(C)C(=O)CSC(=N)N=C(N)N. The van der Waals surface area contributed by atoms with Crippen molar-refractivity contribution < 1.29 is 4.79 Å². The van der Waals surface area contributed by atoms with Gasteiger partial charge in [0.2, 0.25) is 5.91 Å². The summed E-state index contributed by atoms with van der Waals surface area (Å²) in [4.78, 5) is 16.6. The second kappa shape index (κ2) is 6.28. The summed E-state index contributed by atoms with van der Waals surface area (Å²) in [5.41, 5.74) is 10.2. The van der Waals surface area contributed by atoms with Gasteiger partial charge in [0.25, 0.3) is 0 Å². The molecule has 0 spiro atoms. The first kappa shape index (κ1) is 13.8. The van der Waals surface area contributed by atoms with Crippen molar-refractivity contribution in [3.8, 4) is 0 Å². The fourth-order valence-electron chi connectivity index (χ4n) is 0.669. The Bertz CT molecular complexity index is 272. The second-order valence-corrected chi connectivity index (χ2v) is 4.19. The Labute approximate surface area is 93.6 Å². The number of amides is 1. The number of hydrogen-bond acceptors (Lipinski definition) is 3. The topological polar surface area (TPSA) is 109 Å². The molecule has 0 saturated carbocycles. The van der Waals surface area contributed by atoms with Crippen molar-refractivity contribution in [2.24, 2.45) is 16.5 Å². The van der Waals surface area contributed by atoms with Crippen LogP contribution in [-0.4, -0.2) is 40.8 Å². The first-order chi connectivity index (χ1) is 6.84. The van der Waals surface area contributed by atoms with E-state index in [0.29, 0.717) is 0 Å². The second-order valence-electron chi connectivity index (χ2n) is 3.23. The van der Waals surface area contributed by atoms with Crippen LogP contribution in [0.3, 0.4) is 0 Å². The zero-order valence-corrected chi connectivity index (χ0v) is 9.97. The number of nitrogens with two attached hydrogens (primary N) is 2. The molecule has 5 N–H and O–H groups in total. The fraction of sp³-hybridized carbons (Fsp3) is 0.625. The molecule has 0 aliphatic rings. The highest BCUT2D eigenvalue weighted by Crippen LogP contribution is 2.06. The first-order valence-corrected chi connectivity index (χ1v) is 5.39. The molecule has 0 aromatic heterocycles. The molecule has 0 aromatic rings. The minimum Gasteiger partial charge on any atom is -0.370 e. The van der Waals surface area contributed by atoms with Gasteiger partial charge >= 0.3 is 0 Å². The van der Waals surface area contributed by atoms with E-state index in [4.69, 9.17) is 16.9 Å². The number of carbonyl (C=O) groups is 1. The van der Waals surface area contributed by atoms with Crippen LogP contribution in [0, 0.1) is 5.41 Å². The van der Waals surface area contributed by atoms with Crippen LogP contribution < -0.4 is 11.5 Å². The summed E-state index contributed by atoms with van der Waals surface area (Å²) in [6.45, 7) is 3.84. The minimum absolute atomic E-state index is 0.0504. The average Bonchev–Trinajstić information content (AvgIpc) is 2.11. The summed E-state index contributed by atoms with van der Waals surface area (Å²) in [5, 5.41) is 7.25. The lowest BCUT2D eigenvalue weighted by molar-refractivity contribution is -0.128. The molecule has 0 aliphatic carbocycles. The monoisotopic (exact) mass is 231 g/mol. The molecule has 1 amide bonds. The summed E-state index contributed by atoms with van der Waals surface area (Å²) in [6, 6.07) is 0.148. The molecule has 15 heavy (non-hydrogen) atoms. The van der Waals surface area contributed by atoms with Crippen molar-refractivity contribution >= 4 is 28.8 Å². The van der Waals surface area contributed by atoms with E-state index in [1.165, 1.54) is 0 Å². The number of aliphatic imine (C=N–C) groups is 1. The van der Waals surface area contributed by atoms with Crippen molar-refractivity contribution in [3.05, 3.63) is 0 Å². The smallest absolute Gasteiger partial charge is 0.233 e. The quantitative estimate of drug-likeness (QED) is 0.461. The summed E-state index contributed by atoms with van der Waals surface area (Å²) in [5.74, 6) is -0.0488. The predicted octanol–water partition coefficient (Wildman–Crippen LogP) is -0.205. The van der Waals surface area contributed by atoms with E-state index < -0.39 is 0 Å². The molecular formula is C8H17N5OS. The molecule has 0 aromatic carbocycles. The van der Waals surface area contributed by atoms with Gasteiger partial charge in [-0.05, 0) is 13.8 Å². The Morgan fingerprint density at radius 3 is 2.47 bits per heavy atom. The predicted molar refractivity (Wildman–Crippen MR) is 63.9 cm³/mol. The van der Waals surface area contributed by atoms with E-state index in [-0.39, 0.29) is 28.8 Å². The third kappa shape index (κ3) is 5.95. The molecule has 7 heteroatoms. The summed E-state index contributed by atoms with van der Waals surface area (Å²) >= 11 is 1.00. The fourth-order valence-corrected chi connectivity index (χ4v) is 1.30. The number of nitrogens with zero attached hydrogens (tertiary/aromatic N) is 2. The van der Waals surface area contributed by atoms with Gasteiger partial charge in [0, 0.05) is 13.1 Å². The maximum Gasteiger partial charge on any atom is 0.233 e. The molecule has 6 nitrogen and oxygen atoms in total. The average molecular weight is 231 g/mol. The van der Waals surface area contributed by atoms with E-state index in [1.54, 1.807) is 11.9 Å². The lowest BCUT2D eigenvalue weighted by atomic mass is 10.3. The van der Waals surface area contributed by atoms with E-state index in [2.05, 4.69) is 4.99 Å². The van der Waals surface area contributed by atoms with Crippen LogP contribution in [-0.2, 0) is 4.79 Å². The van der Waals surface area contributed by atoms with Gasteiger partial charge in [-0.25, -0.2) is 0 Å². The van der Waals surface area contributed by atoms with Gasteiger partial charge in [0.15, 0.2) is 11.1 Å². The van der Waals surface area contributed by atoms with Crippen LogP contribution in [0.5, 0.6) is 0 Å². The number of guanidine groups is 1. The standard InChI is InChI=1S/C8H17N5OS/c1-5(2)13(3)6(14)4-15-8(11)12-7(9)10/h5H,4H2,1-3H3,(H5,9,10,11,12). The van der Waals surface area contributed by atoms with Crippen molar-refractivity contribution in [2.45, 2.75) is 19.9 Å². The lowest BCUT2D eigenvalue weighted by Gasteiger charge is -2.20. The normalized spacial score (nSPS) is 9.87. The Balaban J connectivity index is 4.02. The highest BCUT2D eigenvalue weighted by atomic mass is 32.2. The van der Waals surface area contributed by atoms with Crippen LogP contribution >= 0.6 is 11.8 Å². The lowest BCUT2D eigenvalue weighted by Crippen LogP contribution is -2.34. The van der Waals surface area contributed by atoms with Crippen molar-refractivity contribution in [1.82, 2.24) is 4.90 Å². The molecule has 0 heterocycles. The highest BCUT2D eigenvalue weighted by molar-refractivity contribution is 8.14. The van der Waals surface area contributed by atoms with E-state index in [0.717, 1.165) is 11.8 Å². The largest absolute Gasteiger partial charge is 0.370 e. The van der Waals surface area contributed by atoms with Gasteiger partial charge in [-0.1, -0.05) is 11.8 Å². The maximum absolute atomic E-state index is 11.5. The summed E-state index contributed by atoms with van der Waals surface area (Å²) < 4.78 is 0. The van der Waals surface area contributed by atoms with E-state index >= 15 is 0 Å². The zero-order chi connectivity index (χ0) is 12.0. The Morgan fingerprint density at radius 2 is 2.07 bits per heavy atom. The van der Waals surface area contributed by atoms with Crippen molar-refractivity contribution in [3.63, 3.8) is 0 Å². The zero-order valence-electron chi connectivity index (χ0n) is 9.15. The maximum atomic E-state index is 11.5. The third-order valence-corrected chi connectivity index (χ3v) is 2.49. The van der Waals surface area contributed by atoms with Crippen LogP contribution in [0.4, 0.5) is 0 Å². The van der Waals surface area contributed by atoms with E-state index in [9.17, 15) is 4.79 Å².